The standard InChI is InChI=1S/C10H21O3P/c1-9(2,7(11)5-14)6-10(3,4)8(12)13/h7,11H,5-6,14H2,1-4H3,(H,12,13). The average Bonchev–Trinajstić information content (AvgIpc) is 2.00. The molecule has 4 heteroatoms. The molecule has 14 heavy (non-hydrogen) atoms. The molecule has 0 aliphatic carbocycles. The van der Waals surface area contributed by atoms with E-state index < -0.39 is 17.5 Å². The zero-order chi connectivity index (χ0) is 11.6. The Balaban J connectivity index is 4.57. The van der Waals surface area contributed by atoms with Crippen molar-refractivity contribution in [3.63, 3.8) is 0 Å². The third kappa shape index (κ3) is 3.55. The van der Waals surface area contributed by atoms with Gasteiger partial charge in [0.25, 0.3) is 0 Å². The van der Waals surface area contributed by atoms with E-state index in [0.717, 1.165) is 0 Å². The van der Waals surface area contributed by atoms with E-state index in [1.165, 1.54) is 0 Å². The zero-order valence-corrected chi connectivity index (χ0v) is 10.5. The number of carboxylic acids is 1. The molecule has 0 bridgehead atoms. The number of hydrogen-bond acceptors (Lipinski definition) is 2. The maximum atomic E-state index is 10.9. The second-order valence-corrected chi connectivity index (χ2v) is 5.58. The molecule has 0 heterocycles. The summed E-state index contributed by atoms with van der Waals surface area (Å²) in [5.74, 6) is -0.818. The summed E-state index contributed by atoms with van der Waals surface area (Å²) in [5.41, 5.74) is -1.16. The molecule has 2 unspecified atom stereocenters. The molecule has 0 amide bonds. The minimum atomic E-state index is -0.818. The van der Waals surface area contributed by atoms with E-state index in [9.17, 15) is 9.90 Å². The van der Waals surface area contributed by atoms with Gasteiger partial charge in [-0.05, 0) is 31.8 Å². The average molecular weight is 220 g/mol. The second kappa shape index (κ2) is 4.59. The van der Waals surface area contributed by atoms with Crippen molar-refractivity contribution in [2.75, 3.05) is 6.16 Å². The van der Waals surface area contributed by atoms with Gasteiger partial charge < -0.3 is 10.2 Å². The van der Waals surface area contributed by atoms with Gasteiger partial charge in [0.15, 0.2) is 0 Å². The van der Waals surface area contributed by atoms with E-state index in [0.29, 0.717) is 12.6 Å². The highest BCUT2D eigenvalue weighted by Crippen LogP contribution is 2.36. The lowest BCUT2D eigenvalue weighted by atomic mass is 9.72. The maximum Gasteiger partial charge on any atom is 0.309 e. The summed E-state index contributed by atoms with van der Waals surface area (Å²) in [4.78, 5) is 10.9. The molecule has 0 aromatic heterocycles. The van der Waals surface area contributed by atoms with E-state index >= 15 is 0 Å². The quantitative estimate of drug-likeness (QED) is 0.694. The third-order valence-electron chi connectivity index (χ3n) is 2.60. The Bertz CT molecular complexity index is 211. The molecule has 0 radical (unpaired) electrons. The Hall–Kier alpha value is -0.140. The largest absolute Gasteiger partial charge is 0.481 e. The summed E-state index contributed by atoms with van der Waals surface area (Å²) >= 11 is 0. The predicted octanol–water partition coefficient (Wildman–Crippen LogP) is 1.75. The van der Waals surface area contributed by atoms with Crippen LogP contribution < -0.4 is 0 Å². The first-order valence-electron chi connectivity index (χ1n) is 4.75. The number of hydrogen-bond donors (Lipinski definition) is 2. The minimum absolute atomic E-state index is 0.371. The first kappa shape index (κ1) is 13.9. The van der Waals surface area contributed by atoms with E-state index in [1.54, 1.807) is 13.8 Å². The fourth-order valence-electron chi connectivity index (χ4n) is 1.65. The Morgan fingerprint density at radius 3 is 2.07 bits per heavy atom. The van der Waals surface area contributed by atoms with Gasteiger partial charge in [0.1, 0.15) is 0 Å². The van der Waals surface area contributed by atoms with E-state index in [2.05, 4.69) is 9.24 Å². The fraction of sp³-hybridized carbons (Fsp3) is 0.900. The monoisotopic (exact) mass is 220 g/mol. The van der Waals surface area contributed by atoms with Gasteiger partial charge in [-0.1, -0.05) is 13.8 Å². The van der Waals surface area contributed by atoms with Crippen molar-refractivity contribution >= 4 is 15.2 Å². The van der Waals surface area contributed by atoms with Gasteiger partial charge in [-0.3, -0.25) is 4.79 Å². The lowest BCUT2D eigenvalue weighted by molar-refractivity contribution is -0.149. The predicted molar refractivity (Wildman–Crippen MR) is 60.4 cm³/mol. The first-order valence-corrected chi connectivity index (χ1v) is 5.56. The summed E-state index contributed by atoms with van der Waals surface area (Å²) in [5, 5.41) is 18.7. The van der Waals surface area contributed by atoms with Gasteiger partial charge in [-0.25, -0.2) is 0 Å². The Morgan fingerprint density at radius 2 is 1.79 bits per heavy atom. The van der Waals surface area contributed by atoms with Crippen molar-refractivity contribution in [3.8, 4) is 0 Å². The van der Waals surface area contributed by atoms with Crippen molar-refractivity contribution in [3.05, 3.63) is 0 Å². The molecule has 2 atom stereocenters. The van der Waals surface area contributed by atoms with Crippen LogP contribution in [0.15, 0.2) is 0 Å². The molecule has 2 N–H and O–H groups in total. The van der Waals surface area contributed by atoms with Crippen LogP contribution >= 0.6 is 9.24 Å². The zero-order valence-electron chi connectivity index (χ0n) is 9.37. The smallest absolute Gasteiger partial charge is 0.309 e. The van der Waals surface area contributed by atoms with Crippen molar-refractivity contribution in [2.45, 2.75) is 40.2 Å². The van der Waals surface area contributed by atoms with Gasteiger partial charge >= 0.3 is 5.97 Å². The van der Waals surface area contributed by atoms with E-state index in [-0.39, 0.29) is 5.41 Å². The van der Waals surface area contributed by atoms with Gasteiger partial charge in [-0.15, -0.1) is 9.24 Å². The lowest BCUT2D eigenvalue weighted by Gasteiger charge is -2.35. The lowest BCUT2D eigenvalue weighted by Crippen LogP contribution is -2.38. The molecule has 0 aromatic rings. The SMILES string of the molecule is CC(C)(CC(C)(C)C(O)CP)C(=O)O. The summed E-state index contributed by atoms with van der Waals surface area (Å²) in [6, 6.07) is 0. The summed E-state index contributed by atoms with van der Waals surface area (Å²) in [6.07, 6.45) is 0.555. The number of carboxylic acid groups (broad SMARTS) is 1. The van der Waals surface area contributed by atoms with Crippen LogP contribution in [0, 0.1) is 10.8 Å². The molecule has 0 fully saturated rings. The normalized spacial score (nSPS) is 15.3. The molecular formula is C10H21O3P. The number of rotatable bonds is 5. The van der Waals surface area contributed by atoms with E-state index in [4.69, 9.17) is 5.11 Å². The Kier molecular flexibility index (Phi) is 4.54. The molecule has 0 spiro atoms. The van der Waals surface area contributed by atoms with Crippen LogP contribution in [0.4, 0.5) is 0 Å². The number of aliphatic carboxylic acids is 1. The Morgan fingerprint density at radius 1 is 1.36 bits per heavy atom. The minimum Gasteiger partial charge on any atom is -0.481 e. The third-order valence-corrected chi connectivity index (χ3v) is 3.05. The van der Waals surface area contributed by atoms with Crippen molar-refractivity contribution in [1.82, 2.24) is 0 Å². The van der Waals surface area contributed by atoms with Crippen LogP contribution in [-0.4, -0.2) is 28.4 Å². The van der Waals surface area contributed by atoms with Crippen molar-refractivity contribution < 1.29 is 15.0 Å². The second-order valence-electron chi connectivity index (χ2n) is 5.11. The summed E-state index contributed by atoms with van der Waals surface area (Å²) < 4.78 is 0. The molecule has 0 aliphatic rings. The molecule has 0 saturated heterocycles. The van der Waals surface area contributed by atoms with Crippen molar-refractivity contribution in [1.29, 1.82) is 0 Å². The van der Waals surface area contributed by atoms with Crippen LogP contribution in [0.5, 0.6) is 0 Å². The topological polar surface area (TPSA) is 57.5 Å². The molecular weight excluding hydrogens is 199 g/mol. The molecule has 0 saturated carbocycles. The number of aliphatic hydroxyl groups excluding tert-OH is 1. The van der Waals surface area contributed by atoms with Gasteiger partial charge in [-0.2, -0.15) is 0 Å². The summed E-state index contributed by atoms with van der Waals surface area (Å²) in [6.45, 7) is 7.16. The summed E-state index contributed by atoms with van der Waals surface area (Å²) in [7, 11) is 2.48. The maximum absolute atomic E-state index is 10.9. The van der Waals surface area contributed by atoms with Crippen LogP contribution in [0.1, 0.15) is 34.1 Å². The highest BCUT2D eigenvalue weighted by Gasteiger charge is 2.37. The van der Waals surface area contributed by atoms with Gasteiger partial charge in [0, 0.05) is 0 Å². The molecule has 84 valence electrons. The van der Waals surface area contributed by atoms with E-state index in [1.807, 2.05) is 13.8 Å². The molecule has 0 rings (SSSR count). The van der Waals surface area contributed by atoms with Gasteiger partial charge in [0.05, 0.1) is 11.5 Å². The first-order chi connectivity index (χ1) is 6.13. The highest BCUT2D eigenvalue weighted by molar-refractivity contribution is 7.16. The molecule has 0 aromatic carbocycles. The highest BCUT2D eigenvalue weighted by atomic mass is 31.0. The van der Waals surface area contributed by atoms with Gasteiger partial charge in [0.2, 0.25) is 0 Å². The van der Waals surface area contributed by atoms with Crippen LogP contribution in [0.2, 0.25) is 0 Å². The molecule has 0 aliphatic heterocycles. The van der Waals surface area contributed by atoms with Crippen LogP contribution in [0.3, 0.4) is 0 Å². The Labute approximate surface area is 88.1 Å². The number of aliphatic hydroxyl groups is 1. The van der Waals surface area contributed by atoms with Crippen LogP contribution in [-0.2, 0) is 4.79 Å². The van der Waals surface area contributed by atoms with Crippen LogP contribution in [0.25, 0.3) is 0 Å². The molecule has 3 nitrogen and oxygen atoms in total. The fourth-order valence-corrected chi connectivity index (χ4v) is 2.29. The van der Waals surface area contributed by atoms with Crippen molar-refractivity contribution in [2.24, 2.45) is 10.8 Å². The number of carbonyl (C=O) groups is 1.